The van der Waals surface area contributed by atoms with Gasteiger partial charge in [-0.25, -0.2) is 0 Å². The maximum atomic E-state index is 8.63. The molecule has 0 aromatic rings. The second kappa shape index (κ2) is 3.82. The Kier molecular flexibility index (Phi) is 3.10. The fraction of sp³-hybridized carbons (Fsp3) is 1.00. The summed E-state index contributed by atoms with van der Waals surface area (Å²) in [5, 5.41) is 4.06. The summed E-state index contributed by atoms with van der Waals surface area (Å²) in [6.45, 7) is 8.95. The first-order valence-electron chi connectivity index (χ1n) is 5.49. The summed E-state index contributed by atoms with van der Waals surface area (Å²) in [6, 6.07) is 0. The molecule has 0 aromatic heterocycles. The molecule has 0 aromatic carbocycles. The van der Waals surface area contributed by atoms with Crippen molar-refractivity contribution in [2.75, 3.05) is 0 Å². The second-order valence-corrected chi connectivity index (χ2v) is 5.62. The van der Waals surface area contributed by atoms with E-state index in [9.17, 15) is 0 Å². The Morgan fingerprint density at radius 2 is 2.07 bits per heavy atom. The predicted molar refractivity (Wildman–Crippen MR) is 59.0 cm³/mol. The van der Waals surface area contributed by atoms with E-state index in [1.54, 1.807) is 0 Å². The highest BCUT2D eigenvalue weighted by Crippen LogP contribution is 2.47. The summed E-state index contributed by atoms with van der Waals surface area (Å²) < 4.78 is 0. The topological polar surface area (TPSA) is 48.8 Å². The summed E-state index contributed by atoms with van der Waals surface area (Å²) in [4.78, 5) is 3.03. The molecule has 1 aliphatic carbocycles. The van der Waals surface area contributed by atoms with Crippen molar-refractivity contribution in [3.63, 3.8) is 0 Å². The number of hydrogen-bond donors (Lipinski definition) is 0. The molecule has 80 valence electrons. The van der Waals surface area contributed by atoms with Gasteiger partial charge < -0.3 is 0 Å². The molecule has 1 aliphatic rings. The fourth-order valence-electron chi connectivity index (χ4n) is 3.21. The molecule has 0 heterocycles. The first-order valence-corrected chi connectivity index (χ1v) is 5.49. The van der Waals surface area contributed by atoms with Crippen molar-refractivity contribution in [1.29, 1.82) is 0 Å². The van der Waals surface area contributed by atoms with Crippen molar-refractivity contribution in [2.24, 2.45) is 16.4 Å². The Balaban J connectivity index is 2.91. The van der Waals surface area contributed by atoms with Crippen LogP contribution in [0.2, 0.25) is 0 Å². The van der Waals surface area contributed by atoms with Crippen LogP contribution in [0.5, 0.6) is 0 Å². The van der Waals surface area contributed by atoms with Gasteiger partial charge in [-0.2, -0.15) is 0 Å². The van der Waals surface area contributed by atoms with Gasteiger partial charge in [0, 0.05) is 10.5 Å². The lowest BCUT2D eigenvalue weighted by Gasteiger charge is -2.44. The van der Waals surface area contributed by atoms with Gasteiger partial charge in [0.2, 0.25) is 0 Å². The molecule has 2 atom stereocenters. The van der Waals surface area contributed by atoms with E-state index in [1.165, 1.54) is 6.42 Å². The van der Waals surface area contributed by atoms with Gasteiger partial charge in [-0.3, -0.25) is 0 Å². The lowest BCUT2D eigenvalue weighted by molar-refractivity contribution is 0.105. The standard InChI is InChI=1S/C11H21N3/c1-5-11(13-14-12)7-9(2)6-10(3,4)8-11/h9H,5-8H2,1-4H3. The summed E-state index contributed by atoms with van der Waals surface area (Å²) in [5.74, 6) is 0.671. The molecule has 0 aliphatic heterocycles. The third-order valence-corrected chi connectivity index (χ3v) is 3.35. The second-order valence-electron chi connectivity index (χ2n) is 5.62. The lowest BCUT2D eigenvalue weighted by atomic mass is 9.64. The molecular formula is C11H21N3. The maximum Gasteiger partial charge on any atom is 0.0493 e. The van der Waals surface area contributed by atoms with E-state index in [2.05, 4.69) is 37.7 Å². The minimum atomic E-state index is -0.115. The van der Waals surface area contributed by atoms with E-state index >= 15 is 0 Å². The third-order valence-electron chi connectivity index (χ3n) is 3.35. The van der Waals surface area contributed by atoms with Crippen LogP contribution in [0.25, 0.3) is 10.4 Å². The summed E-state index contributed by atoms with van der Waals surface area (Å²) in [7, 11) is 0. The van der Waals surface area contributed by atoms with Crippen molar-refractivity contribution in [3.05, 3.63) is 10.4 Å². The van der Waals surface area contributed by atoms with Crippen LogP contribution in [0.1, 0.15) is 53.4 Å². The number of nitrogens with zero attached hydrogens (tertiary/aromatic N) is 3. The Morgan fingerprint density at radius 1 is 1.43 bits per heavy atom. The zero-order valence-electron chi connectivity index (χ0n) is 9.75. The quantitative estimate of drug-likeness (QED) is 0.358. The molecule has 0 bridgehead atoms. The Morgan fingerprint density at radius 3 is 2.50 bits per heavy atom. The molecule has 0 saturated heterocycles. The van der Waals surface area contributed by atoms with E-state index in [0.717, 1.165) is 19.3 Å². The molecule has 14 heavy (non-hydrogen) atoms. The molecule has 3 nitrogen and oxygen atoms in total. The van der Waals surface area contributed by atoms with Crippen LogP contribution in [0.4, 0.5) is 0 Å². The largest absolute Gasteiger partial charge is 0.0872 e. The van der Waals surface area contributed by atoms with Crippen molar-refractivity contribution in [2.45, 2.75) is 58.9 Å². The zero-order valence-corrected chi connectivity index (χ0v) is 9.75. The van der Waals surface area contributed by atoms with Crippen LogP contribution in [0.3, 0.4) is 0 Å². The fourth-order valence-corrected chi connectivity index (χ4v) is 3.21. The predicted octanol–water partition coefficient (Wildman–Crippen LogP) is 4.29. The maximum absolute atomic E-state index is 8.63. The molecule has 3 heteroatoms. The highest BCUT2D eigenvalue weighted by molar-refractivity contribution is 4.98. The SMILES string of the molecule is CCC1(N=[N+]=[N-])CC(C)CC(C)(C)C1. The van der Waals surface area contributed by atoms with Gasteiger partial charge in [0.1, 0.15) is 0 Å². The van der Waals surface area contributed by atoms with Crippen molar-refractivity contribution in [3.8, 4) is 0 Å². The summed E-state index contributed by atoms with van der Waals surface area (Å²) >= 11 is 0. The molecule has 0 amide bonds. The average Bonchev–Trinajstić information content (AvgIpc) is 2.00. The van der Waals surface area contributed by atoms with Crippen LogP contribution < -0.4 is 0 Å². The monoisotopic (exact) mass is 195 g/mol. The molecule has 2 unspecified atom stereocenters. The number of rotatable bonds is 2. The van der Waals surface area contributed by atoms with Gasteiger partial charge in [0.25, 0.3) is 0 Å². The molecule has 0 N–H and O–H groups in total. The van der Waals surface area contributed by atoms with Gasteiger partial charge >= 0.3 is 0 Å². The van der Waals surface area contributed by atoms with Gasteiger partial charge in [-0.05, 0) is 42.5 Å². The molecular weight excluding hydrogens is 174 g/mol. The normalized spacial score (nSPS) is 36.1. The Labute approximate surface area is 86.5 Å². The number of hydrogen-bond acceptors (Lipinski definition) is 1. The van der Waals surface area contributed by atoms with Gasteiger partial charge in [0.15, 0.2) is 0 Å². The molecule has 0 spiro atoms. The van der Waals surface area contributed by atoms with E-state index in [-0.39, 0.29) is 5.54 Å². The highest BCUT2D eigenvalue weighted by atomic mass is 15.2. The van der Waals surface area contributed by atoms with Crippen LogP contribution >= 0.6 is 0 Å². The van der Waals surface area contributed by atoms with Gasteiger partial charge in [0.05, 0.1) is 0 Å². The molecule has 1 rings (SSSR count). The molecule has 0 radical (unpaired) electrons. The smallest absolute Gasteiger partial charge is 0.0493 e. The highest BCUT2D eigenvalue weighted by Gasteiger charge is 2.41. The minimum Gasteiger partial charge on any atom is -0.0872 e. The van der Waals surface area contributed by atoms with Crippen molar-refractivity contribution in [1.82, 2.24) is 0 Å². The van der Waals surface area contributed by atoms with Gasteiger partial charge in [-0.1, -0.05) is 32.8 Å². The lowest BCUT2D eigenvalue weighted by Crippen LogP contribution is -2.39. The van der Waals surface area contributed by atoms with Crippen LogP contribution in [0, 0.1) is 11.3 Å². The minimum absolute atomic E-state index is 0.115. The van der Waals surface area contributed by atoms with Crippen molar-refractivity contribution >= 4 is 0 Å². The van der Waals surface area contributed by atoms with Crippen LogP contribution in [-0.4, -0.2) is 5.54 Å². The average molecular weight is 195 g/mol. The van der Waals surface area contributed by atoms with Gasteiger partial charge in [-0.15, -0.1) is 0 Å². The van der Waals surface area contributed by atoms with E-state index in [1.807, 2.05) is 0 Å². The van der Waals surface area contributed by atoms with E-state index in [4.69, 9.17) is 5.53 Å². The zero-order chi connectivity index (χ0) is 10.8. The van der Waals surface area contributed by atoms with E-state index in [0.29, 0.717) is 11.3 Å². The number of azide groups is 1. The summed E-state index contributed by atoms with van der Waals surface area (Å²) in [6.07, 6.45) is 4.29. The summed E-state index contributed by atoms with van der Waals surface area (Å²) in [5.41, 5.74) is 8.84. The van der Waals surface area contributed by atoms with Crippen LogP contribution in [-0.2, 0) is 0 Å². The third kappa shape index (κ3) is 2.42. The molecule has 1 fully saturated rings. The van der Waals surface area contributed by atoms with E-state index < -0.39 is 0 Å². The Hall–Kier alpha value is -0.690. The first-order chi connectivity index (χ1) is 6.43. The first kappa shape index (κ1) is 11.4. The Bertz CT molecular complexity index is 253. The van der Waals surface area contributed by atoms with Crippen molar-refractivity contribution < 1.29 is 0 Å². The molecule has 1 saturated carbocycles. The van der Waals surface area contributed by atoms with Crippen LogP contribution in [0.15, 0.2) is 5.11 Å².